The number of carbonyl (C=O) groups is 1. The van der Waals surface area contributed by atoms with Gasteiger partial charge in [-0.25, -0.2) is 12.8 Å². The highest BCUT2D eigenvalue weighted by molar-refractivity contribution is 7.91. The molecule has 0 heterocycles. The lowest BCUT2D eigenvalue weighted by molar-refractivity contribution is -0.140. The van der Waals surface area contributed by atoms with Crippen LogP contribution in [0.2, 0.25) is 5.02 Å². The van der Waals surface area contributed by atoms with Crippen molar-refractivity contribution >= 4 is 27.3 Å². The van der Waals surface area contributed by atoms with Gasteiger partial charge in [0, 0.05) is 5.02 Å². The molecule has 0 bridgehead atoms. The van der Waals surface area contributed by atoms with Gasteiger partial charge in [0.15, 0.2) is 9.84 Å². The second kappa shape index (κ2) is 9.50. The number of alkyl halides is 3. The van der Waals surface area contributed by atoms with E-state index >= 15 is 0 Å². The maximum absolute atomic E-state index is 13.9. The van der Waals surface area contributed by atoms with Crippen LogP contribution in [0.15, 0.2) is 77.7 Å². The van der Waals surface area contributed by atoms with Crippen molar-refractivity contribution in [1.29, 1.82) is 0 Å². The summed E-state index contributed by atoms with van der Waals surface area (Å²) in [5.74, 6) is -2.53. The average molecular weight is 501 g/mol. The number of primary amides is 1. The van der Waals surface area contributed by atoms with Crippen LogP contribution in [0.5, 0.6) is 0 Å². The van der Waals surface area contributed by atoms with Gasteiger partial charge in [-0.1, -0.05) is 48.0 Å². The molecule has 0 aliphatic carbocycles. The third kappa shape index (κ3) is 5.52. The maximum atomic E-state index is 13.9. The number of nitrogens with one attached hydrogen (secondary N) is 1. The minimum atomic E-state index is -5.07. The largest absolute Gasteiger partial charge is 0.419 e. The molecule has 0 radical (unpaired) electrons. The Morgan fingerprint density at radius 3 is 2.09 bits per heavy atom. The minimum absolute atomic E-state index is 0.235. The quantitative estimate of drug-likeness (QED) is 0.457. The number of hydrogen-bond acceptors (Lipinski definition) is 4. The second-order valence-electron chi connectivity index (χ2n) is 7.03. The summed E-state index contributed by atoms with van der Waals surface area (Å²) in [5, 5.41) is 0.911. The molecule has 3 N–H and O–H groups in total. The Balaban J connectivity index is 2.19. The number of carbonyl (C=O) groups excluding carboxylic acids is 1. The van der Waals surface area contributed by atoms with Crippen LogP contribution in [0.3, 0.4) is 0 Å². The van der Waals surface area contributed by atoms with Crippen LogP contribution in [0.1, 0.15) is 28.1 Å². The third-order valence-electron chi connectivity index (χ3n) is 4.79. The van der Waals surface area contributed by atoms with Crippen molar-refractivity contribution < 1.29 is 30.8 Å². The van der Waals surface area contributed by atoms with E-state index in [4.69, 9.17) is 17.3 Å². The molecule has 3 aromatic carbocycles. The summed E-state index contributed by atoms with van der Waals surface area (Å²) in [4.78, 5) is 11.9. The first kappa shape index (κ1) is 24.7. The molecule has 1 unspecified atom stereocenters. The highest BCUT2D eigenvalue weighted by Gasteiger charge is 2.38. The normalized spacial score (nSPS) is 14.0. The predicted molar refractivity (Wildman–Crippen MR) is 114 cm³/mol. The van der Waals surface area contributed by atoms with Crippen LogP contribution in [0.25, 0.3) is 0 Å². The molecule has 2 atom stereocenters. The molecule has 11 heteroatoms. The summed E-state index contributed by atoms with van der Waals surface area (Å²) >= 11 is 5.81. The topological polar surface area (TPSA) is 89.3 Å². The molecule has 0 aromatic heterocycles. The number of benzene rings is 3. The van der Waals surface area contributed by atoms with Gasteiger partial charge in [0.2, 0.25) is 5.91 Å². The predicted octanol–water partition coefficient (Wildman–Crippen LogP) is 4.79. The van der Waals surface area contributed by atoms with Crippen molar-refractivity contribution in [3.05, 3.63) is 100 Å². The minimum Gasteiger partial charge on any atom is -0.368 e. The molecule has 33 heavy (non-hydrogen) atoms. The van der Waals surface area contributed by atoms with Gasteiger partial charge < -0.3 is 5.73 Å². The van der Waals surface area contributed by atoms with E-state index in [9.17, 15) is 30.8 Å². The molecule has 1 amide bonds. The van der Waals surface area contributed by atoms with E-state index < -0.39 is 50.3 Å². The lowest BCUT2D eigenvalue weighted by Gasteiger charge is -2.25. The standard InChI is InChI=1S/C22H17ClF4N2O3S/c23-15-7-9-16(10-8-15)33(31,32)21(14-6-11-18(24)17(12-14)22(25,26)27)29-19(20(28)30)13-4-2-1-3-5-13/h1-12,19,21,29H,(H2,28,30)/t19?,21-/m1/s1. The van der Waals surface area contributed by atoms with Gasteiger partial charge in [-0.05, 0) is 47.5 Å². The Bertz CT molecular complexity index is 1250. The van der Waals surface area contributed by atoms with E-state index in [0.717, 1.165) is 6.07 Å². The van der Waals surface area contributed by atoms with Crippen molar-refractivity contribution in [2.24, 2.45) is 5.73 Å². The van der Waals surface area contributed by atoms with Crippen molar-refractivity contribution in [2.45, 2.75) is 22.5 Å². The average Bonchev–Trinajstić information content (AvgIpc) is 2.75. The van der Waals surface area contributed by atoms with Gasteiger partial charge in [0.1, 0.15) is 17.2 Å². The fraction of sp³-hybridized carbons (Fsp3) is 0.136. The Morgan fingerprint density at radius 2 is 1.55 bits per heavy atom. The van der Waals surface area contributed by atoms with Crippen LogP contribution in [-0.2, 0) is 20.8 Å². The zero-order valence-corrected chi connectivity index (χ0v) is 18.3. The van der Waals surface area contributed by atoms with Gasteiger partial charge >= 0.3 is 6.18 Å². The number of amides is 1. The molecule has 3 aromatic rings. The fourth-order valence-corrected chi connectivity index (χ4v) is 4.92. The van der Waals surface area contributed by atoms with E-state index in [1.165, 1.54) is 36.4 Å². The lowest BCUT2D eigenvalue weighted by Crippen LogP contribution is -2.39. The van der Waals surface area contributed by atoms with Gasteiger partial charge in [0.05, 0.1) is 10.5 Å². The van der Waals surface area contributed by atoms with Crippen molar-refractivity contribution in [3.63, 3.8) is 0 Å². The Hall–Kier alpha value is -2.95. The first-order chi connectivity index (χ1) is 15.4. The second-order valence-corrected chi connectivity index (χ2v) is 9.50. The van der Waals surface area contributed by atoms with Crippen molar-refractivity contribution in [3.8, 4) is 0 Å². The monoisotopic (exact) mass is 500 g/mol. The summed E-state index contributed by atoms with van der Waals surface area (Å²) in [6.07, 6.45) is -5.07. The molecule has 0 fully saturated rings. The van der Waals surface area contributed by atoms with E-state index in [2.05, 4.69) is 5.32 Å². The first-order valence-electron chi connectivity index (χ1n) is 9.37. The Kier molecular flexibility index (Phi) is 7.11. The van der Waals surface area contributed by atoms with Crippen LogP contribution in [0, 0.1) is 5.82 Å². The molecule has 0 aliphatic heterocycles. The molecule has 0 saturated carbocycles. The summed E-state index contributed by atoms with van der Waals surface area (Å²) in [5.41, 5.74) is 3.68. The van der Waals surface area contributed by atoms with Crippen LogP contribution >= 0.6 is 11.6 Å². The van der Waals surface area contributed by atoms with E-state index in [1.54, 1.807) is 18.2 Å². The zero-order chi connectivity index (χ0) is 24.4. The molecule has 5 nitrogen and oxygen atoms in total. The maximum Gasteiger partial charge on any atom is 0.419 e. The smallest absolute Gasteiger partial charge is 0.368 e. The Morgan fingerprint density at radius 1 is 0.939 bits per heavy atom. The van der Waals surface area contributed by atoms with Gasteiger partial charge in [0.25, 0.3) is 0 Å². The number of hydrogen-bond donors (Lipinski definition) is 2. The van der Waals surface area contributed by atoms with Gasteiger partial charge in [-0.3, -0.25) is 10.1 Å². The fourth-order valence-electron chi connectivity index (χ4n) is 3.19. The highest BCUT2D eigenvalue weighted by Crippen LogP contribution is 2.36. The lowest BCUT2D eigenvalue weighted by atomic mass is 10.0. The highest BCUT2D eigenvalue weighted by atomic mass is 35.5. The summed E-state index contributed by atoms with van der Waals surface area (Å²) in [6.45, 7) is 0. The van der Waals surface area contributed by atoms with Crippen LogP contribution < -0.4 is 11.1 Å². The third-order valence-corrected chi connectivity index (χ3v) is 7.00. The van der Waals surface area contributed by atoms with E-state index in [1.807, 2.05) is 0 Å². The Labute approximate surface area is 192 Å². The van der Waals surface area contributed by atoms with Crippen LogP contribution in [0.4, 0.5) is 17.6 Å². The molecular formula is C22H17ClF4N2O3S. The molecule has 174 valence electrons. The molecule has 3 rings (SSSR count). The summed E-state index contributed by atoms with van der Waals surface area (Å²) < 4.78 is 80.7. The van der Waals surface area contributed by atoms with Gasteiger partial charge in [-0.2, -0.15) is 13.2 Å². The van der Waals surface area contributed by atoms with E-state index in [-0.39, 0.29) is 9.92 Å². The number of rotatable bonds is 7. The first-order valence-corrected chi connectivity index (χ1v) is 11.3. The summed E-state index contributed by atoms with van der Waals surface area (Å²) in [7, 11) is -4.45. The molecule has 0 aliphatic rings. The van der Waals surface area contributed by atoms with Crippen LogP contribution in [-0.4, -0.2) is 14.3 Å². The number of sulfone groups is 1. The summed E-state index contributed by atoms with van der Waals surface area (Å²) in [6, 6.07) is 13.2. The number of halogens is 5. The zero-order valence-electron chi connectivity index (χ0n) is 16.7. The van der Waals surface area contributed by atoms with Crippen molar-refractivity contribution in [1.82, 2.24) is 5.32 Å². The van der Waals surface area contributed by atoms with Crippen molar-refractivity contribution in [2.75, 3.05) is 0 Å². The SMILES string of the molecule is NC(=O)C(N[C@@H](c1ccc(F)c(C(F)(F)F)c1)S(=O)(=O)c1ccc(Cl)cc1)c1ccccc1. The molecule has 0 spiro atoms. The molecular weight excluding hydrogens is 484 g/mol. The number of nitrogens with two attached hydrogens (primary N) is 1. The van der Waals surface area contributed by atoms with E-state index in [0.29, 0.717) is 17.7 Å². The molecule has 0 saturated heterocycles. The van der Waals surface area contributed by atoms with Gasteiger partial charge in [-0.15, -0.1) is 0 Å².